The van der Waals surface area contributed by atoms with Gasteiger partial charge in [-0.05, 0) is 32.9 Å². The molecule has 8 heteroatoms. The minimum Gasteiger partial charge on any atom is -0.458 e. The molecule has 0 fully saturated rings. The van der Waals surface area contributed by atoms with Crippen LogP contribution in [0.3, 0.4) is 0 Å². The zero-order valence-corrected chi connectivity index (χ0v) is 23.6. The Labute approximate surface area is 224 Å². The Kier molecular flexibility index (Phi) is 9.17. The van der Waals surface area contributed by atoms with Crippen molar-refractivity contribution in [2.75, 3.05) is 6.61 Å². The molecule has 0 aliphatic heterocycles. The number of hydroxylamine groups is 1. The molecule has 2 rings (SSSR count). The molecule has 0 spiro atoms. The Morgan fingerprint density at radius 3 is 1.63 bits per heavy atom. The van der Waals surface area contributed by atoms with Crippen LogP contribution in [0.5, 0.6) is 0 Å². The molecule has 0 bridgehead atoms. The van der Waals surface area contributed by atoms with Crippen molar-refractivity contribution in [1.29, 1.82) is 0 Å². The molecule has 0 unspecified atom stereocenters. The lowest BCUT2D eigenvalue weighted by Gasteiger charge is -2.19. The molecule has 2 aromatic carbocycles. The van der Waals surface area contributed by atoms with Crippen LogP contribution >= 0.6 is 0 Å². The molecule has 0 aromatic heterocycles. The lowest BCUT2D eigenvalue weighted by Crippen LogP contribution is -2.32. The highest BCUT2D eigenvalue weighted by Crippen LogP contribution is 2.25. The number of hydrogen-bond donors (Lipinski definition) is 1. The summed E-state index contributed by atoms with van der Waals surface area (Å²) >= 11 is 0. The number of carbonyl (C=O) groups is 5. The molecule has 204 valence electrons. The van der Waals surface area contributed by atoms with Gasteiger partial charge >= 0.3 is 5.97 Å². The van der Waals surface area contributed by atoms with E-state index >= 15 is 0 Å². The van der Waals surface area contributed by atoms with E-state index in [4.69, 9.17) is 9.57 Å². The zero-order valence-electron chi connectivity index (χ0n) is 23.6. The number of ether oxygens (including phenoxy) is 1. The lowest BCUT2D eigenvalue weighted by molar-refractivity contribution is -0.162. The third-order valence-electron chi connectivity index (χ3n) is 5.32. The molecule has 0 aliphatic rings. The van der Waals surface area contributed by atoms with Gasteiger partial charge in [-0.15, -0.1) is 0 Å². The van der Waals surface area contributed by atoms with Crippen LogP contribution in [0.1, 0.15) is 109 Å². The highest BCUT2D eigenvalue weighted by Gasteiger charge is 2.27. The maximum atomic E-state index is 13.5. The first-order chi connectivity index (χ1) is 17.3. The van der Waals surface area contributed by atoms with E-state index < -0.39 is 40.7 Å². The van der Waals surface area contributed by atoms with E-state index in [1.165, 1.54) is 30.3 Å². The number of nitrogens with one attached hydrogen (secondary N) is 1. The number of esters is 1. The summed E-state index contributed by atoms with van der Waals surface area (Å²) in [5.74, 6) is -2.24. The van der Waals surface area contributed by atoms with Crippen molar-refractivity contribution >= 4 is 29.2 Å². The number of carbonyl (C=O) groups excluding carboxylic acids is 5. The van der Waals surface area contributed by atoms with Gasteiger partial charge in [-0.1, -0.05) is 71.9 Å². The topological polar surface area (TPSA) is 116 Å². The number of Topliss-reactive ketones (excluding diaryl/α,β-unsaturated/α-hetero) is 2. The van der Waals surface area contributed by atoms with Gasteiger partial charge in [0, 0.05) is 33.1 Å². The second-order valence-electron chi connectivity index (χ2n) is 12.1. The highest BCUT2D eigenvalue weighted by atomic mass is 16.7. The fourth-order valence-electron chi connectivity index (χ4n) is 3.45. The van der Waals surface area contributed by atoms with Crippen LogP contribution in [0.2, 0.25) is 0 Å². The Bertz CT molecular complexity index is 1240. The molecule has 2 aromatic rings. The number of amides is 1. The summed E-state index contributed by atoms with van der Waals surface area (Å²) in [6.45, 7) is 15.3. The van der Waals surface area contributed by atoms with Crippen molar-refractivity contribution < 1.29 is 33.5 Å². The first kappa shape index (κ1) is 30.6. The van der Waals surface area contributed by atoms with Gasteiger partial charge in [0.05, 0.1) is 5.56 Å². The first-order valence-corrected chi connectivity index (χ1v) is 12.3. The minimum atomic E-state index is -0.772. The molecule has 1 amide bonds. The molecule has 38 heavy (non-hydrogen) atoms. The summed E-state index contributed by atoms with van der Waals surface area (Å²) in [5, 5.41) is 0. The van der Waals surface area contributed by atoms with E-state index in [1.54, 1.807) is 53.7 Å². The largest absolute Gasteiger partial charge is 0.458 e. The van der Waals surface area contributed by atoms with Crippen LogP contribution in [0, 0.1) is 10.8 Å². The number of benzene rings is 2. The average Bonchev–Trinajstić information content (AvgIpc) is 2.80. The third kappa shape index (κ3) is 8.18. The molecule has 0 radical (unpaired) electrons. The Morgan fingerprint density at radius 1 is 0.658 bits per heavy atom. The molecule has 0 saturated carbocycles. The second-order valence-corrected chi connectivity index (χ2v) is 12.1. The quantitative estimate of drug-likeness (QED) is 0.281. The van der Waals surface area contributed by atoms with E-state index in [1.807, 2.05) is 20.8 Å². The molecule has 0 saturated heterocycles. The van der Waals surface area contributed by atoms with E-state index in [0.29, 0.717) is 5.56 Å². The van der Waals surface area contributed by atoms with Gasteiger partial charge in [-0.25, -0.2) is 10.3 Å². The van der Waals surface area contributed by atoms with Crippen LogP contribution in [-0.4, -0.2) is 41.4 Å². The lowest BCUT2D eigenvalue weighted by atomic mass is 9.84. The van der Waals surface area contributed by atoms with Gasteiger partial charge in [-0.2, -0.15) is 0 Å². The summed E-state index contributed by atoms with van der Waals surface area (Å²) in [6.07, 6.45) is 0. The molecule has 0 atom stereocenters. The highest BCUT2D eigenvalue weighted by molar-refractivity contribution is 6.16. The van der Waals surface area contributed by atoms with Crippen molar-refractivity contribution in [3.8, 4) is 0 Å². The third-order valence-corrected chi connectivity index (χ3v) is 5.32. The van der Waals surface area contributed by atoms with Crippen LogP contribution in [0.4, 0.5) is 0 Å². The van der Waals surface area contributed by atoms with E-state index in [0.717, 1.165) is 0 Å². The summed E-state index contributed by atoms with van der Waals surface area (Å²) in [6, 6.07) is 10.4. The summed E-state index contributed by atoms with van der Waals surface area (Å²) in [4.78, 5) is 68.8. The van der Waals surface area contributed by atoms with Gasteiger partial charge < -0.3 is 4.74 Å². The number of rotatable bonds is 8. The van der Waals surface area contributed by atoms with Crippen molar-refractivity contribution in [1.82, 2.24) is 5.48 Å². The van der Waals surface area contributed by atoms with Crippen molar-refractivity contribution in [3.63, 3.8) is 0 Å². The van der Waals surface area contributed by atoms with Crippen LogP contribution in [0.15, 0.2) is 42.5 Å². The predicted molar refractivity (Wildman–Crippen MR) is 143 cm³/mol. The molecule has 8 nitrogen and oxygen atoms in total. The fraction of sp³-hybridized carbons (Fsp3) is 0.433. The average molecular weight is 524 g/mol. The van der Waals surface area contributed by atoms with Crippen molar-refractivity contribution in [2.45, 2.75) is 67.9 Å². The maximum Gasteiger partial charge on any atom is 0.335 e. The van der Waals surface area contributed by atoms with Crippen LogP contribution < -0.4 is 5.48 Å². The maximum absolute atomic E-state index is 13.5. The van der Waals surface area contributed by atoms with E-state index in [2.05, 4.69) is 5.48 Å². The fourth-order valence-corrected chi connectivity index (χ4v) is 3.45. The molecule has 1 N–H and O–H groups in total. The van der Waals surface area contributed by atoms with Crippen LogP contribution in [-0.2, 0) is 14.4 Å². The Morgan fingerprint density at radius 2 is 1.13 bits per heavy atom. The normalized spacial score (nSPS) is 12.0. The predicted octanol–water partition coefficient (Wildman–Crippen LogP) is 5.38. The Balaban J connectivity index is 2.39. The summed E-state index contributed by atoms with van der Waals surface area (Å²) in [7, 11) is 0. The standard InChI is InChI=1S/C30H37NO7/c1-28(2,3)25(34)19-12-10-18(11-13-19)24(33)22-16-20(26(35)29(4,5)6)14-15-21(22)27(36)31-37-17-23(32)38-30(7,8)9/h10-16H,17H2,1-9H3,(H,31,36). The monoisotopic (exact) mass is 523 g/mol. The van der Waals surface area contributed by atoms with Gasteiger partial charge in [0.15, 0.2) is 24.0 Å². The van der Waals surface area contributed by atoms with Gasteiger partial charge in [0.2, 0.25) is 0 Å². The SMILES string of the molecule is CC(C)(C)OC(=O)CONC(=O)c1ccc(C(=O)C(C)(C)C)cc1C(=O)c1ccc(C(=O)C(C)(C)C)cc1. The minimum absolute atomic E-state index is 0.0200. The second kappa shape index (κ2) is 11.4. The number of ketones is 3. The molecular weight excluding hydrogens is 486 g/mol. The van der Waals surface area contributed by atoms with Crippen molar-refractivity contribution in [3.05, 3.63) is 70.3 Å². The van der Waals surface area contributed by atoms with E-state index in [-0.39, 0.29) is 33.8 Å². The molecule has 0 aliphatic carbocycles. The first-order valence-electron chi connectivity index (χ1n) is 12.3. The van der Waals surface area contributed by atoms with Gasteiger partial charge in [-0.3, -0.25) is 24.0 Å². The number of hydrogen-bond acceptors (Lipinski definition) is 7. The van der Waals surface area contributed by atoms with Crippen LogP contribution in [0.25, 0.3) is 0 Å². The summed E-state index contributed by atoms with van der Waals surface area (Å²) in [5.41, 5.74) is 1.05. The van der Waals surface area contributed by atoms with Gasteiger partial charge in [0.25, 0.3) is 5.91 Å². The summed E-state index contributed by atoms with van der Waals surface area (Å²) < 4.78 is 5.14. The zero-order chi connectivity index (χ0) is 29.1. The molecule has 0 heterocycles. The van der Waals surface area contributed by atoms with E-state index in [9.17, 15) is 24.0 Å². The van der Waals surface area contributed by atoms with Crippen molar-refractivity contribution in [2.24, 2.45) is 10.8 Å². The van der Waals surface area contributed by atoms with Gasteiger partial charge in [0.1, 0.15) is 5.60 Å². The Hall–Kier alpha value is -3.65. The molecular formula is C30H37NO7. The smallest absolute Gasteiger partial charge is 0.335 e.